The zero-order valence-electron chi connectivity index (χ0n) is 14.6. The van der Waals surface area contributed by atoms with Crippen molar-refractivity contribution in [1.29, 1.82) is 0 Å². The summed E-state index contributed by atoms with van der Waals surface area (Å²) < 4.78 is 0. The van der Waals surface area contributed by atoms with E-state index in [0.29, 0.717) is 26.2 Å². The van der Waals surface area contributed by atoms with E-state index in [1.54, 1.807) is 11.8 Å². The number of para-hydroxylation sites is 1. The number of hydrogen-bond acceptors (Lipinski definition) is 3. The molecule has 1 aliphatic rings. The van der Waals surface area contributed by atoms with Crippen LogP contribution in [-0.2, 0) is 15.0 Å². The van der Waals surface area contributed by atoms with Crippen LogP contribution in [-0.4, -0.2) is 54.3 Å². The Balaban J connectivity index is 1.92. The zero-order valence-corrected chi connectivity index (χ0v) is 14.6. The van der Waals surface area contributed by atoms with Crippen LogP contribution in [0.2, 0.25) is 0 Å². The van der Waals surface area contributed by atoms with Crippen molar-refractivity contribution < 1.29 is 9.59 Å². The summed E-state index contributed by atoms with van der Waals surface area (Å²) in [5.74, 6) is 0.159. The minimum absolute atomic E-state index is 0.0275. The van der Waals surface area contributed by atoms with Gasteiger partial charge < -0.3 is 15.1 Å². The first-order valence-corrected chi connectivity index (χ1v) is 8.15. The van der Waals surface area contributed by atoms with E-state index in [-0.39, 0.29) is 23.8 Å². The predicted octanol–water partition coefficient (Wildman–Crippen LogP) is 2.09. The molecule has 1 aromatic rings. The number of anilines is 1. The third-order valence-corrected chi connectivity index (χ3v) is 4.24. The Morgan fingerprint density at radius 3 is 2.17 bits per heavy atom. The Kier molecular flexibility index (Phi) is 5.29. The molecule has 0 saturated carbocycles. The number of hydrogen-bond donors (Lipinski definition) is 1. The SMILES string of the molecule is CC(=O)N1CCN(C(=O)CNc2ccccc2C(C)(C)C)CC1. The molecule has 1 N–H and O–H groups in total. The highest BCUT2D eigenvalue weighted by molar-refractivity contribution is 5.81. The minimum atomic E-state index is 0.0275. The van der Waals surface area contributed by atoms with Crippen LogP contribution in [0.3, 0.4) is 0 Å². The van der Waals surface area contributed by atoms with E-state index in [0.717, 1.165) is 5.69 Å². The van der Waals surface area contributed by atoms with Crippen LogP contribution in [0.25, 0.3) is 0 Å². The average molecular weight is 317 g/mol. The van der Waals surface area contributed by atoms with E-state index in [9.17, 15) is 9.59 Å². The molecule has 0 atom stereocenters. The molecular weight excluding hydrogens is 290 g/mol. The first-order valence-electron chi connectivity index (χ1n) is 8.15. The zero-order chi connectivity index (χ0) is 17.0. The smallest absolute Gasteiger partial charge is 0.241 e. The number of nitrogens with zero attached hydrogens (tertiary/aromatic N) is 2. The van der Waals surface area contributed by atoms with Crippen molar-refractivity contribution in [2.75, 3.05) is 38.0 Å². The number of benzene rings is 1. The van der Waals surface area contributed by atoms with E-state index in [4.69, 9.17) is 0 Å². The van der Waals surface area contributed by atoms with Crippen molar-refractivity contribution in [3.05, 3.63) is 29.8 Å². The Hall–Kier alpha value is -2.04. The lowest BCUT2D eigenvalue weighted by atomic mass is 9.86. The highest BCUT2D eigenvalue weighted by atomic mass is 16.2. The van der Waals surface area contributed by atoms with Gasteiger partial charge in [0.15, 0.2) is 0 Å². The molecule has 1 fully saturated rings. The van der Waals surface area contributed by atoms with Gasteiger partial charge in [0.05, 0.1) is 6.54 Å². The number of amides is 2. The van der Waals surface area contributed by atoms with Crippen LogP contribution in [0, 0.1) is 0 Å². The second-order valence-electron chi connectivity index (χ2n) is 7.04. The number of rotatable bonds is 3. The molecule has 2 rings (SSSR count). The van der Waals surface area contributed by atoms with E-state index in [1.807, 2.05) is 23.1 Å². The van der Waals surface area contributed by atoms with Gasteiger partial charge in [-0.05, 0) is 17.0 Å². The van der Waals surface area contributed by atoms with E-state index in [2.05, 4.69) is 32.2 Å². The molecule has 0 bridgehead atoms. The molecular formula is C18H27N3O2. The fraction of sp³-hybridized carbons (Fsp3) is 0.556. The second-order valence-corrected chi connectivity index (χ2v) is 7.04. The fourth-order valence-electron chi connectivity index (χ4n) is 2.84. The van der Waals surface area contributed by atoms with Crippen molar-refractivity contribution in [1.82, 2.24) is 9.80 Å². The molecule has 0 aromatic heterocycles. The number of carbonyl (C=O) groups is 2. The van der Waals surface area contributed by atoms with Gasteiger partial charge in [0.1, 0.15) is 0 Å². The van der Waals surface area contributed by atoms with Gasteiger partial charge in [-0.15, -0.1) is 0 Å². The quantitative estimate of drug-likeness (QED) is 0.929. The van der Waals surface area contributed by atoms with Crippen molar-refractivity contribution in [2.45, 2.75) is 33.1 Å². The van der Waals surface area contributed by atoms with Gasteiger partial charge >= 0.3 is 0 Å². The van der Waals surface area contributed by atoms with Gasteiger partial charge in [0.2, 0.25) is 11.8 Å². The van der Waals surface area contributed by atoms with Gasteiger partial charge in [-0.2, -0.15) is 0 Å². The lowest BCUT2D eigenvalue weighted by Gasteiger charge is -2.34. The summed E-state index contributed by atoms with van der Waals surface area (Å²) in [6.45, 7) is 10.8. The Morgan fingerprint density at radius 1 is 1.04 bits per heavy atom. The third-order valence-electron chi connectivity index (χ3n) is 4.24. The van der Waals surface area contributed by atoms with Crippen molar-refractivity contribution in [2.24, 2.45) is 0 Å². The van der Waals surface area contributed by atoms with Gasteiger partial charge in [0, 0.05) is 38.8 Å². The highest BCUT2D eigenvalue weighted by Gasteiger charge is 2.23. The van der Waals surface area contributed by atoms with E-state index >= 15 is 0 Å². The lowest BCUT2D eigenvalue weighted by Crippen LogP contribution is -2.51. The van der Waals surface area contributed by atoms with Gasteiger partial charge in [-0.1, -0.05) is 39.0 Å². The van der Waals surface area contributed by atoms with E-state index in [1.165, 1.54) is 5.56 Å². The Morgan fingerprint density at radius 2 is 1.61 bits per heavy atom. The van der Waals surface area contributed by atoms with Crippen LogP contribution in [0.4, 0.5) is 5.69 Å². The Bertz CT molecular complexity index is 570. The van der Waals surface area contributed by atoms with E-state index < -0.39 is 0 Å². The molecule has 1 aliphatic heterocycles. The molecule has 126 valence electrons. The number of carbonyl (C=O) groups excluding carboxylic acids is 2. The summed E-state index contributed by atoms with van der Waals surface area (Å²) in [5.41, 5.74) is 2.24. The second kappa shape index (κ2) is 7.02. The average Bonchev–Trinajstić information content (AvgIpc) is 2.52. The first kappa shape index (κ1) is 17.3. The normalized spacial score (nSPS) is 15.5. The summed E-state index contributed by atoms with van der Waals surface area (Å²) in [6.07, 6.45) is 0. The molecule has 23 heavy (non-hydrogen) atoms. The molecule has 1 aromatic carbocycles. The van der Waals surface area contributed by atoms with Crippen molar-refractivity contribution in [3.8, 4) is 0 Å². The summed E-state index contributed by atoms with van der Waals surface area (Å²) >= 11 is 0. The maximum Gasteiger partial charge on any atom is 0.241 e. The largest absolute Gasteiger partial charge is 0.376 e. The standard InChI is InChI=1S/C18H27N3O2/c1-14(22)20-9-11-21(12-10-20)17(23)13-19-16-8-6-5-7-15(16)18(2,3)4/h5-8,19H,9-13H2,1-4H3. The number of nitrogens with one attached hydrogen (secondary N) is 1. The molecule has 0 radical (unpaired) electrons. The minimum Gasteiger partial charge on any atom is -0.376 e. The van der Waals surface area contributed by atoms with Gasteiger partial charge in [-0.25, -0.2) is 0 Å². The fourth-order valence-corrected chi connectivity index (χ4v) is 2.84. The summed E-state index contributed by atoms with van der Waals surface area (Å²) in [4.78, 5) is 27.3. The molecule has 1 saturated heterocycles. The monoisotopic (exact) mass is 317 g/mol. The molecule has 5 heteroatoms. The molecule has 1 heterocycles. The maximum atomic E-state index is 12.4. The molecule has 0 spiro atoms. The predicted molar refractivity (Wildman–Crippen MR) is 92.5 cm³/mol. The first-order chi connectivity index (χ1) is 10.8. The Labute approximate surface area is 138 Å². The summed E-state index contributed by atoms with van der Waals surface area (Å²) in [7, 11) is 0. The highest BCUT2D eigenvalue weighted by Crippen LogP contribution is 2.29. The molecule has 0 aliphatic carbocycles. The van der Waals surface area contributed by atoms with Gasteiger partial charge in [0.25, 0.3) is 0 Å². The topological polar surface area (TPSA) is 52.7 Å². The van der Waals surface area contributed by atoms with Crippen LogP contribution in [0.5, 0.6) is 0 Å². The molecule has 5 nitrogen and oxygen atoms in total. The molecule has 2 amide bonds. The van der Waals surface area contributed by atoms with Crippen LogP contribution < -0.4 is 5.32 Å². The number of piperazine rings is 1. The van der Waals surface area contributed by atoms with Crippen molar-refractivity contribution >= 4 is 17.5 Å². The maximum absolute atomic E-state index is 12.4. The lowest BCUT2D eigenvalue weighted by molar-refractivity contribution is -0.137. The van der Waals surface area contributed by atoms with Crippen LogP contribution >= 0.6 is 0 Å². The summed E-state index contributed by atoms with van der Waals surface area (Å²) in [6, 6.07) is 8.11. The summed E-state index contributed by atoms with van der Waals surface area (Å²) in [5, 5.41) is 3.28. The van der Waals surface area contributed by atoms with Crippen LogP contribution in [0.1, 0.15) is 33.3 Å². The molecule has 0 unspecified atom stereocenters. The third kappa shape index (κ3) is 4.47. The van der Waals surface area contributed by atoms with Crippen molar-refractivity contribution in [3.63, 3.8) is 0 Å². The van der Waals surface area contributed by atoms with Crippen LogP contribution in [0.15, 0.2) is 24.3 Å². The van der Waals surface area contributed by atoms with Gasteiger partial charge in [-0.3, -0.25) is 9.59 Å².